The van der Waals surface area contributed by atoms with Crippen LogP contribution in [0.5, 0.6) is 0 Å². The van der Waals surface area contributed by atoms with E-state index in [4.69, 9.17) is 4.52 Å². The highest BCUT2D eigenvalue weighted by atomic mass is 16.5. The van der Waals surface area contributed by atoms with Crippen molar-refractivity contribution in [2.24, 2.45) is 0 Å². The van der Waals surface area contributed by atoms with Gasteiger partial charge < -0.3 is 15.2 Å². The minimum atomic E-state index is -0.338. The fourth-order valence-electron chi connectivity index (χ4n) is 1.44. The smallest absolute Gasteiger partial charge is 0.319 e. The molecule has 2 rings (SSSR count). The van der Waals surface area contributed by atoms with Crippen molar-refractivity contribution in [1.82, 2.24) is 15.5 Å². The molecule has 2 N–H and O–H groups in total. The zero-order valence-electron chi connectivity index (χ0n) is 10.2. The highest BCUT2D eigenvalue weighted by Crippen LogP contribution is 2.10. The van der Waals surface area contributed by atoms with Gasteiger partial charge in [0, 0.05) is 5.69 Å². The molecule has 2 aromatic rings. The van der Waals surface area contributed by atoms with Gasteiger partial charge in [-0.3, -0.25) is 0 Å². The van der Waals surface area contributed by atoms with Crippen LogP contribution in [-0.2, 0) is 0 Å². The first-order valence-corrected chi connectivity index (χ1v) is 5.58. The van der Waals surface area contributed by atoms with E-state index >= 15 is 0 Å². The summed E-state index contributed by atoms with van der Waals surface area (Å²) in [5, 5.41) is 9.09. The number of hydrogen-bond acceptors (Lipinski definition) is 4. The number of benzene rings is 1. The van der Waals surface area contributed by atoms with E-state index in [2.05, 4.69) is 20.8 Å². The van der Waals surface area contributed by atoms with Gasteiger partial charge in [0.2, 0.25) is 5.89 Å². The number of aryl methyl sites for hydroxylation is 1. The van der Waals surface area contributed by atoms with Gasteiger partial charge in [-0.25, -0.2) is 4.79 Å². The van der Waals surface area contributed by atoms with Crippen LogP contribution in [0.25, 0.3) is 0 Å². The lowest BCUT2D eigenvalue weighted by molar-refractivity contribution is 0.245. The molecule has 94 valence electrons. The van der Waals surface area contributed by atoms with E-state index in [0.717, 1.165) is 5.69 Å². The summed E-state index contributed by atoms with van der Waals surface area (Å²) in [7, 11) is 0. The second-order valence-corrected chi connectivity index (χ2v) is 3.87. The Labute approximate surface area is 104 Å². The van der Waals surface area contributed by atoms with Crippen LogP contribution in [0.4, 0.5) is 10.5 Å². The second kappa shape index (κ2) is 5.31. The maximum Gasteiger partial charge on any atom is 0.319 e. The summed E-state index contributed by atoms with van der Waals surface area (Å²) < 4.78 is 4.97. The second-order valence-electron chi connectivity index (χ2n) is 3.87. The molecule has 0 fully saturated rings. The van der Waals surface area contributed by atoms with E-state index < -0.39 is 0 Å². The molecule has 0 aliphatic heterocycles. The van der Waals surface area contributed by atoms with Crippen LogP contribution < -0.4 is 10.6 Å². The van der Waals surface area contributed by atoms with Crippen molar-refractivity contribution in [1.29, 1.82) is 0 Å². The van der Waals surface area contributed by atoms with E-state index in [1.165, 1.54) is 0 Å². The molecular formula is C12H14N4O2. The summed E-state index contributed by atoms with van der Waals surface area (Å²) in [6, 6.07) is 8.54. The third-order valence-corrected chi connectivity index (χ3v) is 2.29. The highest BCUT2D eigenvalue weighted by Gasteiger charge is 2.15. The number of carbonyl (C=O) groups excluding carboxylic acids is 1. The van der Waals surface area contributed by atoms with Crippen LogP contribution in [0.2, 0.25) is 0 Å². The Morgan fingerprint density at radius 2 is 2.06 bits per heavy atom. The fourth-order valence-corrected chi connectivity index (χ4v) is 1.44. The average Bonchev–Trinajstić information content (AvgIpc) is 2.77. The monoisotopic (exact) mass is 246 g/mol. The van der Waals surface area contributed by atoms with Gasteiger partial charge in [0.1, 0.15) is 6.04 Å². The summed E-state index contributed by atoms with van der Waals surface area (Å²) in [5.41, 5.74) is 0.726. The lowest BCUT2D eigenvalue weighted by Crippen LogP contribution is -2.31. The Balaban J connectivity index is 1.92. The van der Waals surface area contributed by atoms with Crippen molar-refractivity contribution < 1.29 is 9.32 Å². The molecule has 2 amide bonds. The number of para-hydroxylation sites is 1. The van der Waals surface area contributed by atoms with Crippen molar-refractivity contribution >= 4 is 11.7 Å². The molecule has 6 heteroatoms. The van der Waals surface area contributed by atoms with Crippen LogP contribution in [0, 0.1) is 6.92 Å². The van der Waals surface area contributed by atoms with E-state index in [9.17, 15) is 4.79 Å². The number of anilines is 1. The number of urea groups is 1. The Kier molecular flexibility index (Phi) is 3.57. The summed E-state index contributed by atoms with van der Waals surface area (Å²) in [6.45, 7) is 3.50. The summed E-state index contributed by atoms with van der Waals surface area (Å²) in [5.74, 6) is 0.929. The zero-order chi connectivity index (χ0) is 13.0. The van der Waals surface area contributed by atoms with Gasteiger partial charge in [0.05, 0.1) is 0 Å². The molecule has 0 aliphatic rings. The maximum absolute atomic E-state index is 11.7. The molecule has 1 heterocycles. The van der Waals surface area contributed by atoms with E-state index in [1.807, 2.05) is 18.2 Å². The normalized spacial score (nSPS) is 11.9. The van der Waals surface area contributed by atoms with Gasteiger partial charge in [-0.2, -0.15) is 4.98 Å². The zero-order valence-corrected chi connectivity index (χ0v) is 10.2. The number of amides is 2. The number of carbonyl (C=O) groups is 1. The summed E-state index contributed by atoms with van der Waals surface area (Å²) in [4.78, 5) is 15.7. The molecule has 1 atom stereocenters. The Bertz CT molecular complexity index is 524. The fraction of sp³-hybridized carbons (Fsp3) is 0.250. The molecular weight excluding hydrogens is 232 g/mol. The molecule has 6 nitrogen and oxygen atoms in total. The summed E-state index contributed by atoms with van der Waals surface area (Å²) >= 11 is 0. The molecule has 0 saturated carbocycles. The van der Waals surface area contributed by atoms with Gasteiger partial charge in [-0.1, -0.05) is 23.4 Å². The Morgan fingerprint density at radius 3 is 2.67 bits per heavy atom. The first kappa shape index (κ1) is 12.1. The van der Waals surface area contributed by atoms with E-state index in [1.54, 1.807) is 26.0 Å². The van der Waals surface area contributed by atoms with Gasteiger partial charge >= 0.3 is 6.03 Å². The van der Waals surface area contributed by atoms with Gasteiger partial charge in [-0.05, 0) is 26.0 Å². The van der Waals surface area contributed by atoms with Crippen molar-refractivity contribution in [2.75, 3.05) is 5.32 Å². The highest BCUT2D eigenvalue weighted by molar-refractivity contribution is 5.89. The quantitative estimate of drug-likeness (QED) is 0.870. The minimum Gasteiger partial charge on any atom is -0.337 e. The van der Waals surface area contributed by atoms with Crippen LogP contribution in [0.15, 0.2) is 34.9 Å². The molecule has 0 aliphatic carbocycles. The number of hydrogen-bond donors (Lipinski definition) is 2. The van der Waals surface area contributed by atoms with Crippen LogP contribution in [0.3, 0.4) is 0 Å². The van der Waals surface area contributed by atoms with E-state index in [0.29, 0.717) is 11.7 Å². The van der Waals surface area contributed by atoms with Crippen LogP contribution >= 0.6 is 0 Å². The Hall–Kier alpha value is -2.37. The van der Waals surface area contributed by atoms with Gasteiger partial charge in [0.25, 0.3) is 0 Å². The van der Waals surface area contributed by atoms with Gasteiger partial charge in [0.15, 0.2) is 5.82 Å². The van der Waals surface area contributed by atoms with Crippen molar-refractivity contribution in [2.45, 2.75) is 19.9 Å². The molecule has 0 saturated heterocycles. The molecule has 0 radical (unpaired) electrons. The molecule has 1 unspecified atom stereocenters. The average molecular weight is 246 g/mol. The first-order chi connectivity index (χ1) is 8.65. The Morgan fingerprint density at radius 1 is 1.33 bits per heavy atom. The minimum absolute atomic E-state index is 0.315. The molecule has 1 aromatic carbocycles. The lowest BCUT2D eigenvalue weighted by atomic mass is 10.3. The maximum atomic E-state index is 11.7. The van der Waals surface area contributed by atoms with Gasteiger partial charge in [-0.15, -0.1) is 0 Å². The molecule has 1 aromatic heterocycles. The molecule has 0 bridgehead atoms. The first-order valence-electron chi connectivity index (χ1n) is 5.58. The third kappa shape index (κ3) is 3.07. The third-order valence-electron chi connectivity index (χ3n) is 2.29. The standard InChI is InChI=1S/C12H14N4O2/c1-8(11-14-9(2)16-18-11)13-12(17)15-10-6-4-3-5-7-10/h3-8H,1-2H3,(H2,13,15,17). The predicted octanol–water partition coefficient (Wildman–Crippen LogP) is 2.26. The molecule has 0 spiro atoms. The lowest BCUT2D eigenvalue weighted by Gasteiger charge is -2.10. The van der Waals surface area contributed by atoms with Crippen LogP contribution in [0.1, 0.15) is 24.7 Å². The van der Waals surface area contributed by atoms with Crippen molar-refractivity contribution in [3.05, 3.63) is 42.0 Å². The van der Waals surface area contributed by atoms with Crippen LogP contribution in [-0.4, -0.2) is 16.2 Å². The molecule has 18 heavy (non-hydrogen) atoms. The number of rotatable bonds is 3. The SMILES string of the molecule is Cc1noc(C(C)NC(=O)Nc2ccccc2)n1. The largest absolute Gasteiger partial charge is 0.337 e. The predicted molar refractivity (Wildman–Crippen MR) is 66.0 cm³/mol. The number of nitrogens with zero attached hydrogens (tertiary/aromatic N) is 2. The summed E-state index contributed by atoms with van der Waals surface area (Å²) in [6.07, 6.45) is 0. The van der Waals surface area contributed by atoms with E-state index in [-0.39, 0.29) is 12.1 Å². The van der Waals surface area contributed by atoms with Crippen molar-refractivity contribution in [3.63, 3.8) is 0 Å². The topological polar surface area (TPSA) is 80.0 Å². The number of nitrogens with one attached hydrogen (secondary N) is 2. The van der Waals surface area contributed by atoms with Crippen molar-refractivity contribution in [3.8, 4) is 0 Å². The number of aromatic nitrogens is 2.